The monoisotopic (exact) mass is 422 g/mol. The molecule has 2 aliphatic rings. The average molecular weight is 423 g/mol. The molecule has 0 radical (unpaired) electrons. The van der Waals surface area contributed by atoms with Crippen molar-refractivity contribution in [1.82, 2.24) is 4.90 Å². The summed E-state index contributed by atoms with van der Waals surface area (Å²) in [5.41, 5.74) is 11.2. The Morgan fingerprint density at radius 2 is 1.90 bits per heavy atom. The van der Waals surface area contributed by atoms with Crippen molar-refractivity contribution < 1.29 is 19.1 Å². The molecule has 31 heavy (non-hydrogen) atoms. The first kappa shape index (κ1) is 21.5. The highest BCUT2D eigenvalue weighted by Gasteiger charge is 2.35. The number of ether oxygens (including phenoxy) is 2. The van der Waals surface area contributed by atoms with Crippen LogP contribution in [0.1, 0.15) is 55.3 Å². The van der Waals surface area contributed by atoms with Gasteiger partial charge in [0.05, 0.1) is 0 Å². The molecule has 1 aliphatic heterocycles. The Balaban J connectivity index is 1.83. The van der Waals surface area contributed by atoms with Gasteiger partial charge < -0.3 is 15.2 Å². The summed E-state index contributed by atoms with van der Waals surface area (Å²) in [6.07, 6.45) is 3.59. The molecule has 6 nitrogen and oxygen atoms in total. The predicted octanol–water partition coefficient (Wildman–Crippen LogP) is 3.79. The molecule has 1 aliphatic carbocycles. The van der Waals surface area contributed by atoms with E-state index in [0.717, 1.165) is 36.1 Å². The minimum Gasteiger partial charge on any atom is -0.422 e. The molecule has 2 aromatic rings. The molecule has 0 unspecified atom stereocenters. The molecule has 2 aromatic carbocycles. The van der Waals surface area contributed by atoms with E-state index in [4.69, 9.17) is 15.2 Å². The Morgan fingerprint density at radius 1 is 1.10 bits per heavy atom. The molecular formula is C25H30N2O4. The Labute approximate surface area is 183 Å². The summed E-state index contributed by atoms with van der Waals surface area (Å²) < 4.78 is 11.5. The van der Waals surface area contributed by atoms with Gasteiger partial charge in [-0.15, -0.1) is 0 Å². The van der Waals surface area contributed by atoms with Gasteiger partial charge in [0.2, 0.25) is 0 Å². The second kappa shape index (κ2) is 9.20. The highest BCUT2D eigenvalue weighted by molar-refractivity contribution is 5.87. The van der Waals surface area contributed by atoms with E-state index >= 15 is 0 Å². The molecule has 6 heteroatoms. The van der Waals surface area contributed by atoms with Gasteiger partial charge in [0.25, 0.3) is 0 Å². The largest absolute Gasteiger partial charge is 0.422 e. The Hall–Kier alpha value is -2.70. The van der Waals surface area contributed by atoms with Gasteiger partial charge in [-0.25, -0.2) is 0 Å². The van der Waals surface area contributed by atoms with Crippen LogP contribution in [0.4, 0.5) is 0 Å². The first-order chi connectivity index (χ1) is 15.0. The summed E-state index contributed by atoms with van der Waals surface area (Å²) in [6.45, 7) is 3.37. The third-order valence-corrected chi connectivity index (χ3v) is 6.16. The summed E-state index contributed by atoms with van der Waals surface area (Å²) in [7, 11) is 2.16. The van der Waals surface area contributed by atoms with E-state index in [2.05, 4.69) is 30.1 Å². The zero-order valence-electron chi connectivity index (χ0n) is 18.3. The predicted molar refractivity (Wildman–Crippen MR) is 119 cm³/mol. The molecule has 0 amide bonds. The van der Waals surface area contributed by atoms with Crippen LogP contribution in [0.2, 0.25) is 0 Å². The van der Waals surface area contributed by atoms with E-state index in [1.54, 1.807) is 6.07 Å². The minimum atomic E-state index is -0.373. The summed E-state index contributed by atoms with van der Waals surface area (Å²) in [4.78, 5) is 27.2. The second-order valence-electron chi connectivity index (χ2n) is 8.35. The molecule has 0 aromatic heterocycles. The third-order valence-electron chi connectivity index (χ3n) is 6.16. The number of nitrogens with two attached hydrogens (primary N) is 1. The number of hydrogen-bond acceptors (Lipinski definition) is 6. The number of carbonyl (C=O) groups excluding carboxylic acids is 2. The van der Waals surface area contributed by atoms with E-state index in [-0.39, 0.29) is 18.4 Å². The Kier molecular flexibility index (Phi) is 6.39. The zero-order chi connectivity index (χ0) is 22.0. The maximum atomic E-state index is 12.5. The number of likely N-dealkylation sites (N-methyl/N-ethyl adjacent to an activating group) is 1. The maximum absolute atomic E-state index is 12.5. The number of nitrogens with zero attached hydrogens (tertiary/aromatic N) is 1. The SMILES string of the molecule is CCCC(=O)Oc1c(OC(=O)CCCN)ccc2c1-c1cccc3c1[C@@H](C2)N(C)CC3. The topological polar surface area (TPSA) is 81.9 Å². The molecule has 0 saturated carbocycles. The van der Waals surface area contributed by atoms with Gasteiger partial charge in [-0.3, -0.25) is 14.5 Å². The summed E-state index contributed by atoms with van der Waals surface area (Å²) >= 11 is 0. The lowest BCUT2D eigenvalue weighted by Crippen LogP contribution is -2.35. The highest BCUT2D eigenvalue weighted by atomic mass is 16.6. The van der Waals surface area contributed by atoms with Crippen molar-refractivity contribution in [3.05, 3.63) is 47.0 Å². The van der Waals surface area contributed by atoms with Crippen LogP contribution in [0, 0.1) is 0 Å². The fraction of sp³-hybridized carbons (Fsp3) is 0.440. The summed E-state index contributed by atoms with van der Waals surface area (Å²) in [5.74, 6) is -0.0385. The number of benzene rings is 2. The molecule has 4 rings (SSSR count). The van der Waals surface area contributed by atoms with Crippen molar-refractivity contribution in [2.45, 2.75) is 51.5 Å². The quantitative estimate of drug-likeness (QED) is 0.540. The number of carbonyl (C=O) groups is 2. The van der Waals surface area contributed by atoms with Crippen molar-refractivity contribution in [1.29, 1.82) is 0 Å². The van der Waals surface area contributed by atoms with Crippen molar-refractivity contribution in [2.24, 2.45) is 5.73 Å². The molecule has 0 bridgehead atoms. The van der Waals surface area contributed by atoms with Gasteiger partial charge in [0.15, 0.2) is 11.5 Å². The first-order valence-electron chi connectivity index (χ1n) is 11.1. The summed E-state index contributed by atoms with van der Waals surface area (Å²) in [5, 5.41) is 0. The Morgan fingerprint density at radius 3 is 2.68 bits per heavy atom. The van der Waals surface area contributed by atoms with Crippen molar-refractivity contribution in [3.63, 3.8) is 0 Å². The standard InChI is InChI=1S/C25H30N2O4/c1-3-6-21(28)31-25-20(30-22(29)9-5-13-26)11-10-17-15-19-23-16(12-14-27(19)2)7-4-8-18(23)24(17)25/h4,7-8,10-11,19H,3,5-6,9,12-15,26H2,1-2H3/t19-/m1/s1. The second-order valence-corrected chi connectivity index (χ2v) is 8.35. The fourth-order valence-electron chi connectivity index (χ4n) is 4.62. The number of fused-ring (bicyclic) bond motifs is 2. The molecule has 1 heterocycles. The van der Waals surface area contributed by atoms with Gasteiger partial charge in [0.1, 0.15) is 0 Å². The van der Waals surface area contributed by atoms with Gasteiger partial charge in [-0.05, 0) is 67.6 Å². The van der Waals surface area contributed by atoms with Crippen LogP contribution in [0.15, 0.2) is 30.3 Å². The molecule has 2 N–H and O–H groups in total. The number of hydrogen-bond donors (Lipinski definition) is 1. The molecular weight excluding hydrogens is 392 g/mol. The lowest BCUT2D eigenvalue weighted by molar-refractivity contribution is -0.137. The first-order valence-corrected chi connectivity index (χ1v) is 11.1. The van der Waals surface area contributed by atoms with Crippen molar-refractivity contribution >= 4 is 11.9 Å². The van der Waals surface area contributed by atoms with Gasteiger partial charge in [0, 0.05) is 31.0 Å². The Bertz CT molecular complexity index is 1000. The third kappa shape index (κ3) is 4.23. The minimum absolute atomic E-state index is 0.226. The fourth-order valence-corrected chi connectivity index (χ4v) is 4.62. The molecule has 164 valence electrons. The van der Waals surface area contributed by atoms with Gasteiger partial charge >= 0.3 is 11.9 Å². The number of rotatable bonds is 7. The van der Waals surface area contributed by atoms with Crippen molar-refractivity contribution in [2.75, 3.05) is 20.1 Å². The van der Waals surface area contributed by atoms with Crippen LogP contribution in [0.25, 0.3) is 11.1 Å². The smallest absolute Gasteiger partial charge is 0.311 e. The molecule has 0 fully saturated rings. The maximum Gasteiger partial charge on any atom is 0.311 e. The number of esters is 2. The van der Waals surface area contributed by atoms with Crippen LogP contribution in [-0.4, -0.2) is 37.0 Å². The average Bonchev–Trinajstić information content (AvgIpc) is 2.76. The molecule has 0 spiro atoms. The van der Waals surface area contributed by atoms with E-state index < -0.39 is 0 Å². The van der Waals surface area contributed by atoms with Crippen LogP contribution in [0.3, 0.4) is 0 Å². The van der Waals surface area contributed by atoms with Crippen LogP contribution >= 0.6 is 0 Å². The van der Waals surface area contributed by atoms with Crippen molar-refractivity contribution in [3.8, 4) is 22.6 Å². The normalized spacial score (nSPS) is 16.9. The van der Waals surface area contributed by atoms with E-state index in [0.29, 0.717) is 43.3 Å². The zero-order valence-corrected chi connectivity index (χ0v) is 18.3. The van der Waals surface area contributed by atoms with Gasteiger partial charge in [-0.2, -0.15) is 0 Å². The molecule has 0 saturated heterocycles. The van der Waals surface area contributed by atoms with Crippen LogP contribution in [-0.2, 0) is 22.4 Å². The van der Waals surface area contributed by atoms with E-state index in [9.17, 15) is 9.59 Å². The van der Waals surface area contributed by atoms with Crippen LogP contribution < -0.4 is 15.2 Å². The van der Waals surface area contributed by atoms with E-state index in [1.807, 2.05) is 13.0 Å². The lowest BCUT2D eigenvalue weighted by atomic mass is 9.77. The molecule has 1 atom stereocenters. The van der Waals surface area contributed by atoms with Gasteiger partial charge in [-0.1, -0.05) is 31.2 Å². The summed E-state index contributed by atoms with van der Waals surface area (Å²) in [6, 6.07) is 10.4. The van der Waals surface area contributed by atoms with E-state index in [1.165, 1.54) is 11.1 Å². The lowest BCUT2D eigenvalue weighted by Gasteiger charge is -2.40. The van der Waals surface area contributed by atoms with Crippen LogP contribution in [0.5, 0.6) is 11.5 Å². The highest BCUT2D eigenvalue weighted by Crippen LogP contribution is 2.50.